The molecule has 0 amide bonds. The van der Waals surface area contributed by atoms with Crippen molar-refractivity contribution in [3.05, 3.63) is 42.0 Å². The van der Waals surface area contributed by atoms with Gasteiger partial charge in [-0.15, -0.1) is 10.2 Å². The molecule has 7 nitrogen and oxygen atoms in total. The standard InChI is InChI=1S/C17H25N5O2S/c1-4-14-6-8-15(9-7-14)25(23,24)21-17-11-10-16(19-20-17)18-12-5-13-22(2)3/h6-11H,4-5,12-13H2,1-3H3,(H,18,19)(H,20,21). The summed E-state index contributed by atoms with van der Waals surface area (Å²) in [4.78, 5) is 2.32. The molecule has 0 unspecified atom stereocenters. The van der Waals surface area contributed by atoms with E-state index in [1.807, 2.05) is 21.0 Å². The van der Waals surface area contributed by atoms with Crippen molar-refractivity contribution in [2.45, 2.75) is 24.7 Å². The average Bonchev–Trinajstić information content (AvgIpc) is 2.60. The number of rotatable bonds is 9. The molecule has 2 N–H and O–H groups in total. The van der Waals surface area contributed by atoms with Crippen LogP contribution in [0.5, 0.6) is 0 Å². The molecule has 0 saturated heterocycles. The fourth-order valence-electron chi connectivity index (χ4n) is 2.19. The third-order valence-electron chi connectivity index (χ3n) is 3.63. The van der Waals surface area contributed by atoms with Gasteiger partial charge in [-0.3, -0.25) is 4.72 Å². The first-order valence-electron chi connectivity index (χ1n) is 8.25. The van der Waals surface area contributed by atoms with E-state index in [4.69, 9.17) is 0 Å². The molecular weight excluding hydrogens is 338 g/mol. The van der Waals surface area contributed by atoms with Crippen LogP contribution in [0.25, 0.3) is 0 Å². The number of sulfonamides is 1. The van der Waals surface area contributed by atoms with Crippen LogP contribution in [0.3, 0.4) is 0 Å². The Kier molecular flexibility index (Phi) is 6.72. The molecule has 25 heavy (non-hydrogen) atoms. The highest BCUT2D eigenvalue weighted by Crippen LogP contribution is 2.15. The highest BCUT2D eigenvalue weighted by Gasteiger charge is 2.14. The van der Waals surface area contributed by atoms with Crippen LogP contribution in [0.1, 0.15) is 18.9 Å². The molecule has 136 valence electrons. The summed E-state index contributed by atoms with van der Waals surface area (Å²) in [5.41, 5.74) is 1.09. The number of nitrogens with one attached hydrogen (secondary N) is 2. The molecule has 0 spiro atoms. The summed E-state index contributed by atoms with van der Waals surface area (Å²) in [7, 11) is 0.389. The lowest BCUT2D eigenvalue weighted by Crippen LogP contribution is -2.17. The molecule has 0 fully saturated rings. The quantitative estimate of drug-likeness (QED) is 0.664. The summed E-state index contributed by atoms with van der Waals surface area (Å²) >= 11 is 0. The number of hydrogen-bond donors (Lipinski definition) is 2. The highest BCUT2D eigenvalue weighted by atomic mass is 32.2. The second kappa shape index (κ2) is 8.77. The summed E-state index contributed by atoms with van der Waals surface area (Å²) in [5.74, 6) is 0.812. The molecule has 0 aliphatic rings. The first kappa shape index (κ1) is 19.1. The topological polar surface area (TPSA) is 87.2 Å². The first-order valence-corrected chi connectivity index (χ1v) is 9.73. The molecule has 0 atom stereocenters. The van der Waals surface area contributed by atoms with Crippen molar-refractivity contribution < 1.29 is 8.42 Å². The van der Waals surface area contributed by atoms with Gasteiger partial charge in [0, 0.05) is 6.54 Å². The zero-order valence-corrected chi connectivity index (χ0v) is 15.7. The van der Waals surface area contributed by atoms with Gasteiger partial charge in [-0.25, -0.2) is 8.42 Å². The normalized spacial score (nSPS) is 11.5. The van der Waals surface area contributed by atoms with Crippen molar-refractivity contribution in [3.8, 4) is 0 Å². The summed E-state index contributed by atoms with van der Waals surface area (Å²) in [6, 6.07) is 10.1. The number of hydrogen-bond acceptors (Lipinski definition) is 6. The number of benzene rings is 1. The van der Waals surface area contributed by atoms with E-state index in [1.54, 1.807) is 36.4 Å². The molecule has 2 rings (SSSR count). The number of anilines is 2. The van der Waals surface area contributed by atoms with E-state index in [0.29, 0.717) is 5.82 Å². The van der Waals surface area contributed by atoms with Gasteiger partial charge in [-0.2, -0.15) is 0 Å². The second-order valence-electron chi connectivity index (χ2n) is 5.99. The van der Waals surface area contributed by atoms with Crippen LogP contribution in [-0.4, -0.2) is 50.7 Å². The minimum atomic E-state index is -3.66. The smallest absolute Gasteiger partial charge is 0.263 e. The summed E-state index contributed by atoms with van der Waals surface area (Å²) in [6.45, 7) is 3.78. The Morgan fingerprint density at radius 1 is 1.00 bits per heavy atom. The Hall–Kier alpha value is -2.19. The van der Waals surface area contributed by atoms with Gasteiger partial charge in [0.25, 0.3) is 10.0 Å². The van der Waals surface area contributed by atoms with Crippen LogP contribution < -0.4 is 10.0 Å². The minimum Gasteiger partial charge on any atom is -0.369 e. The van der Waals surface area contributed by atoms with Crippen molar-refractivity contribution in [3.63, 3.8) is 0 Å². The lowest BCUT2D eigenvalue weighted by molar-refractivity contribution is 0.405. The Bertz CT molecular complexity index is 759. The molecule has 1 aromatic carbocycles. The average molecular weight is 363 g/mol. The molecule has 0 aliphatic carbocycles. The Morgan fingerprint density at radius 3 is 2.20 bits per heavy atom. The number of aromatic nitrogens is 2. The van der Waals surface area contributed by atoms with Gasteiger partial charge in [0.2, 0.25) is 0 Å². The SMILES string of the molecule is CCc1ccc(S(=O)(=O)Nc2ccc(NCCCN(C)C)nn2)cc1. The molecule has 0 aliphatic heterocycles. The predicted molar refractivity (Wildman–Crippen MR) is 100 cm³/mol. The van der Waals surface area contributed by atoms with Crippen LogP contribution in [0.15, 0.2) is 41.3 Å². The predicted octanol–water partition coefficient (Wildman–Crippen LogP) is 2.20. The van der Waals surface area contributed by atoms with Crippen LogP contribution in [-0.2, 0) is 16.4 Å². The Morgan fingerprint density at radius 2 is 1.64 bits per heavy atom. The molecular formula is C17H25N5O2S. The van der Waals surface area contributed by atoms with Crippen LogP contribution in [0, 0.1) is 0 Å². The summed E-state index contributed by atoms with van der Waals surface area (Å²) in [5, 5.41) is 11.1. The summed E-state index contributed by atoms with van der Waals surface area (Å²) < 4.78 is 27.2. The van der Waals surface area contributed by atoms with E-state index in [0.717, 1.165) is 31.5 Å². The lowest BCUT2D eigenvalue weighted by Gasteiger charge is -2.10. The van der Waals surface area contributed by atoms with Gasteiger partial charge in [0.05, 0.1) is 4.90 Å². The van der Waals surface area contributed by atoms with Gasteiger partial charge >= 0.3 is 0 Å². The molecule has 0 saturated carbocycles. The van der Waals surface area contributed by atoms with Crippen LogP contribution in [0.2, 0.25) is 0 Å². The van der Waals surface area contributed by atoms with E-state index in [9.17, 15) is 8.42 Å². The lowest BCUT2D eigenvalue weighted by atomic mass is 10.2. The highest BCUT2D eigenvalue weighted by molar-refractivity contribution is 7.92. The van der Waals surface area contributed by atoms with E-state index in [-0.39, 0.29) is 10.7 Å². The third kappa shape index (κ3) is 5.99. The number of aryl methyl sites for hydroxylation is 1. The zero-order chi connectivity index (χ0) is 18.3. The summed E-state index contributed by atoms with van der Waals surface area (Å²) in [6.07, 6.45) is 1.85. The van der Waals surface area contributed by atoms with E-state index < -0.39 is 10.0 Å². The third-order valence-corrected chi connectivity index (χ3v) is 5.00. The van der Waals surface area contributed by atoms with Crippen LogP contribution >= 0.6 is 0 Å². The monoisotopic (exact) mass is 363 g/mol. The Labute approximate surface area is 149 Å². The first-order chi connectivity index (χ1) is 11.9. The largest absolute Gasteiger partial charge is 0.369 e. The molecule has 8 heteroatoms. The van der Waals surface area contributed by atoms with Gasteiger partial charge in [-0.1, -0.05) is 19.1 Å². The van der Waals surface area contributed by atoms with Crippen molar-refractivity contribution in [2.75, 3.05) is 37.2 Å². The van der Waals surface area contributed by atoms with Gasteiger partial charge in [0.1, 0.15) is 5.82 Å². The van der Waals surface area contributed by atoms with E-state index >= 15 is 0 Å². The maximum absolute atomic E-state index is 12.4. The van der Waals surface area contributed by atoms with Crippen molar-refractivity contribution in [1.29, 1.82) is 0 Å². The van der Waals surface area contributed by atoms with Gasteiger partial charge < -0.3 is 10.2 Å². The van der Waals surface area contributed by atoms with Gasteiger partial charge in [-0.05, 0) is 63.3 Å². The maximum Gasteiger partial charge on any atom is 0.263 e. The Balaban J connectivity index is 1.95. The van der Waals surface area contributed by atoms with Crippen LogP contribution in [0.4, 0.5) is 11.6 Å². The number of nitrogens with zero attached hydrogens (tertiary/aromatic N) is 3. The fourth-order valence-corrected chi connectivity index (χ4v) is 3.19. The molecule has 1 aromatic heterocycles. The van der Waals surface area contributed by atoms with Crippen molar-refractivity contribution in [1.82, 2.24) is 15.1 Å². The zero-order valence-electron chi connectivity index (χ0n) is 14.9. The van der Waals surface area contributed by atoms with Gasteiger partial charge in [0.15, 0.2) is 5.82 Å². The van der Waals surface area contributed by atoms with Crippen molar-refractivity contribution in [2.24, 2.45) is 0 Å². The van der Waals surface area contributed by atoms with E-state index in [2.05, 4.69) is 25.1 Å². The molecule has 2 aromatic rings. The fraction of sp³-hybridized carbons (Fsp3) is 0.412. The minimum absolute atomic E-state index is 0.193. The van der Waals surface area contributed by atoms with Crippen molar-refractivity contribution >= 4 is 21.7 Å². The molecule has 0 radical (unpaired) electrons. The second-order valence-corrected chi connectivity index (χ2v) is 7.67. The maximum atomic E-state index is 12.4. The van der Waals surface area contributed by atoms with E-state index in [1.165, 1.54) is 0 Å². The molecule has 0 bridgehead atoms. The molecule has 1 heterocycles.